The molecule has 1 heterocycles. The maximum Gasteiger partial charge on any atom is 0.227 e. The van der Waals surface area contributed by atoms with Gasteiger partial charge in [-0.05, 0) is 11.1 Å². The first-order valence-corrected chi connectivity index (χ1v) is 5.93. The van der Waals surface area contributed by atoms with E-state index in [2.05, 4.69) is 0 Å². The van der Waals surface area contributed by atoms with Gasteiger partial charge in [-0.2, -0.15) is 0 Å². The minimum Gasteiger partial charge on any atom is -0.378 e. The number of hydrogen-bond acceptors (Lipinski definition) is 3. The first-order valence-electron chi connectivity index (χ1n) is 5.93. The topological polar surface area (TPSA) is 55.6 Å². The number of benzene rings is 1. The third-order valence-corrected chi connectivity index (χ3v) is 2.98. The Morgan fingerprint density at radius 3 is 2.35 bits per heavy atom. The number of carbonyl (C=O) groups is 1. The fourth-order valence-corrected chi connectivity index (χ4v) is 1.89. The lowest BCUT2D eigenvalue weighted by molar-refractivity contribution is -0.134. The Bertz CT molecular complexity index is 370. The molecular formula is C13H18N2O2. The Balaban J connectivity index is 1.92. The first kappa shape index (κ1) is 12.1. The zero-order chi connectivity index (χ0) is 12.1. The van der Waals surface area contributed by atoms with Crippen molar-refractivity contribution >= 4 is 5.91 Å². The SMILES string of the molecule is NCc1ccc(CC(=O)N2CCOCC2)cc1. The molecule has 1 saturated heterocycles. The molecule has 1 fully saturated rings. The fourth-order valence-electron chi connectivity index (χ4n) is 1.89. The number of morpholine rings is 1. The molecule has 0 saturated carbocycles. The van der Waals surface area contributed by atoms with Gasteiger partial charge in [0.05, 0.1) is 19.6 Å². The first-order chi connectivity index (χ1) is 8.29. The number of carbonyl (C=O) groups excluding carboxylic acids is 1. The zero-order valence-corrected chi connectivity index (χ0v) is 9.89. The molecule has 1 aromatic carbocycles. The van der Waals surface area contributed by atoms with Crippen molar-refractivity contribution in [2.24, 2.45) is 5.73 Å². The summed E-state index contributed by atoms with van der Waals surface area (Å²) < 4.78 is 5.22. The molecule has 17 heavy (non-hydrogen) atoms. The van der Waals surface area contributed by atoms with E-state index < -0.39 is 0 Å². The molecule has 0 bridgehead atoms. The predicted octanol–water partition coefficient (Wildman–Crippen LogP) is 0.547. The van der Waals surface area contributed by atoms with E-state index in [0.29, 0.717) is 39.3 Å². The maximum atomic E-state index is 12.0. The average molecular weight is 234 g/mol. The largest absolute Gasteiger partial charge is 0.378 e. The Labute approximate surface area is 101 Å². The van der Waals surface area contributed by atoms with Crippen LogP contribution in [-0.4, -0.2) is 37.1 Å². The maximum absolute atomic E-state index is 12.0. The molecule has 4 nitrogen and oxygen atoms in total. The molecule has 0 aliphatic carbocycles. The van der Waals surface area contributed by atoms with E-state index in [1.165, 1.54) is 0 Å². The smallest absolute Gasteiger partial charge is 0.227 e. The van der Waals surface area contributed by atoms with Gasteiger partial charge in [-0.15, -0.1) is 0 Å². The molecule has 0 unspecified atom stereocenters. The van der Waals surface area contributed by atoms with E-state index in [1.807, 2.05) is 29.2 Å². The highest BCUT2D eigenvalue weighted by Crippen LogP contribution is 2.07. The number of nitrogens with two attached hydrogens (primary N) is 1. The Morgan fingerprint density at radius 1 is 1.18 bits per heavy atom. The standard InChI is InChI=1S/C13H18N2O2/c14-10-12-3-1-11(2-4-12)9-13(16)15-5-7-17-8-6-15/h1-4H,5-10,14H2. The van der Waals surface area contributed by atoms with Crippen molar-refractivity contribution in [2.75, 3.05) is 26.3 Å². The van der Waals surface area contributed by atoms with Crippen LogP contribution in [0.15, 0.2) is 24.3 Å². The molecule has 4 heteroatoms. The summed E-state index contributed by atoms with van der Waals surface area (Å²) in [6, 6.07) is 7.89. The zero-order valence-electron chi connectivity index (χ0n) is 9.89. The van der Waals surface area contributed by atoms with Crippen molar-refractivity contribution in [3.8, 4) is 0 Å². The van der Waals surface area contributed by atoms with Gasteiger partial charge < -0.3 is 15.4 Å². The molecule has 0 aromatic heterocycles. The molecule has 2 rings (SSSR count). The van der Waals surface area contributed by atoms with Crippen LogP contribution in [0.5, 0.6) is 0 Å². The molecule has 1 aromatic rings. The van der Waals surface area contributed by atoms with Gasteiger partial charge in [0.1, 0.15) is 0 Å². The molecule has 2 N–H and O–H groups in total. The van der Waals surface area contributed by atoms with Gasteiger partial charge in [0.15, 0.2) is 0 Å². The Hall–Kier alpha value is -1.39. The Kier molecular flexibility index (Phi) is 4.12. The number of nitrogens with zero attached hydrogens (tertiary/aromatic N) is 1. The van der Waals surface area contributed by atoms with Crippen LogP contribution in [0.2, 0.25) is 0 Å². The Morgan fingerprint density at radius 2 is 1.76 bits per heavy atom. The predicted molar refractivity (Wildman–Crippen MR) is 65.4 cm³/mol. The molecule has 0 spiro atoms. The van der Waals surface area contributed by atoms with Gasteiger partial charge in [-0.25, -0.2) is 0 Å². The third kappa shape index (κ3) is 3.28. The van der Waals surface area contributed by atoms with Crippen LogP contribution >= 0.6 is 0 Å². The monoisotopic (exact) mass is 234 g/mol. The highest BCUT2D eigenvalue weighted by Gasteiger charge is 2.16. The summed E-state index contributed by atoms with van der Waals surface area (Å²) in [4.78, 5) is 13.8. The lowest BCUT2D eigenvalue weighted by Crippen LogP contribution is -2.41. The molecule has 0 atom stereocenters. The van der Waals surface area contributed by atoms with Gasteiger partial charge in [-0.1, -0.05) is 24.3 Å². The molecule has 1 aliphatic rings. The van der Waals surface area contributed by atoms with Gasteiger partial charge in [0, 0.05) is 19.6 Å². The molecular weight excluding hydrogens is 216 g/mol. The summed E-state index contributed by atoms with van der Waals surface area (Å²) in [6.45, 7) is 3.26. The normalized spacial score (nSPS) is 15.9. The number of hydrogen-bond donors (Lipinski definition) is 1. The van der Waals surface area contributed by atoms with Crippen molar-refractivity contribution in [1.82, 2.24) is 4.90 Å². The molecule has 92 valence electrons. The molecule has 1 aliphatic heterocycles. The lowest BCUT2D eigenvalue weighted by Gasteiger charge is -2.26. The summed E-state index contributed by atoms with van der Waals surface area (Å²) in [5.41, 5.74) is 7.66. The van der Waals surface area contributed by atoms with E-state index in [9.17, 15) is 4.79 Å². The average Bonchev–Trinajstić information content (AvgIpc) is 2.40. The summed E-state index contributed by atoms with van der Waals surface area (Å²) >= 11 is 0. The fraction of sp³-hybridized carbons (Fsp3) is 0.462. The van der Waals surface area contributed by atoms with E-state index >= 15 is 0 Å². The molecule has 1 amide bonds. The van der Waals surface area contributed by atoms with Gasteiger partial charge >= 0.3 is 0 Å². The van der Waals surface area contributed by atoms with Crippen LogP contribution in [0.1, 0.15) is 11.1 Å². The van der Waals surface area contributed by atoms with Gasteiger partial charge in [0.2, 0.25) is 5.91 Å². The second kappa shape index (κ2) is 5.80. The van der Waals surface area contributed by atoms with Gasteiger partial charge in [-0.3, -0.25) is 4.79 Å². The van der Waals surface area contributed by atoms with Crippen LogP contribution in [0.4, 0.5) is 0 Å². The number of rotatable bonds is 3. The second-order valence-electron chi connectivity index (χ2n) is 4.19. The summed E-state index contributed by atoms with van der Waals surface area (Å²) in [6.07, 6.45) is 0.463. The number of amides is 1. The van der Waals surface area contributed by atoms with Crippen LogP contribution in [0.25, 0.3) is 0 Å². The van der Waals surface area contributed by atoms with Crippen molar-refractivity contribution in [3.05, 3.63) is 35.4 Å². The van der Waals surface area contributed by atoms with Crippen LogP contribution in [0, 0.1) is 0 Å². The van der Waals surface area contributed by atoms with E-state index in [0.717, 1.165) is 11.1 Å². The van der Waals surface area contributed by atoms with Crippen molar-refractivity contribution < 1.29 is 9.53 Å². The van der Waals surface area contributed by atoms with Crippen LogP contribution in [0.3, 0.4) is 0 Å². The summed E-state index contributed by atoms with van der Waals surface area (Å²) in [5.74, 6) is 0.175. The minimum atomic E-state index is 0.175. The van der Waals surface area contributed by atoms with Crippen molar-refractivity contribution in [2.45, 2.75) is 13.0 Å². The summed E-state index contributed by atoms with van der Waals surface area (Å²) in [5, 5.41) is 0. The molecule has 0 radical (unpaired) electrons. The van der Waals surface area contributed by atoms with Crippen molar-refractivity contribution in [3.63, 3.8) is 0 Å². The lowest BCUT2D eigenvalue weighted by atomic mass is 10.1. The number of ether oxygens (including phenoxy) is 1. The summed E-state index contributed by atoms with van der Waals surface area (Å²) in [7, 11) is 0. The quantitative estimate of drug-likeness (QED) is 0.830. The third-order valence-electron chi connectivity index (χ3n) is 2.98. The highest BCUT2D eigenvalue weighted by atomic mass is 16.5. The van der Waals surface area contributed by atoms with Crippen LogP contribution in [-0.2, 0) is 22.5 Å². The highest BCUT2D eigenvalue weighted by molar-refractivity contribution is 5.78. The van der Waals surface area contributed by atoms with Crippen LogP contribution < -0.4 is 5.73 Å². The van der Waals surface area contributed by atoms with Gasteiger partial charge in [0.25, 0.3) is 0 Å². The van der Waals surface area contributed by atoms with E-state index in [1.54, 1.807) is 0 Å². The van der Waals surface area contributed by atoms with E-state index in [-0.39, 0.29) is 5.91 Å². The second-order valence-corrected chi connectivity index (χ2v) is 4.19. The van der Waals surface area contributed by atoms with E-state index in [4.69, 9.17) is 10.5 Å². The minimum absolute atomic E-state index is 0.175. The van der Waals surface area contributed by atoms with Crippen molar-refractivity contribution in [1.29, 1.82) is 0 Å².